The Hall–Kier alpha value is -2.94. The molecule has 1 heterocycles. The minimum absolute atomic E-state index is 0.0922. The van der Waals surface area contributed by atoms with Gasteiger partial charge in [0.2, 0.25) is 5.91 Å². The molecule has 0 aliphatic carbocycles. The maximum atomic E-state index is 12.3. The van der Waals surface area contributed by atoms with Crippen molar-refractivity contribution in [1.29, 1.82) is 0 Å². The third-order valence-electron chi connectivity index (χ3n) is 3.72. The second-order valence-electron chi connectivity index (χ2n) is 5.27. The van der Waals surface area contributed by atoms with E-state index in [0.29, 0.717) is 10.6 Å². The number of carbonyl (C=O) groups is 2. The SMILES string of the molecule is CCC(NC(=O)Cn1cc([N+](=O)[O-])cn1)(C(=O)O)c1ccc(Cl)cc1. The molecule has 0 spiro atoms. The van der Waals surface area contributed by atoms with Gasteiger partial charge in [-0.15, -0.1) is 0 Å². The highest BCUT2D eigenvalue weighted by molar-refractivity contribution is 6.30. The van der Waals surface area contributed by atoms with Crippen molar-refractivity contribution < 1.29 is 19.6 Å². The number of carboxylic acids is 1. The third-order valence-corrected chi connectivity index (χ3v) is 3.97. The van der Waals surface area contributed by atoms with Gasteiger partial charge in [-0.05, 0) is 24.1 Å². The van der Waals surface area contributed by atoms with E-state index in [9.17, 15) is 24.8 Å². The molecule has 0 radical (unpaired) electrons. The summed E-state index contributed by atoms with van der Waals surface area (Å²) in [5.41, 5.74) is -1.53. The van der Waals surface area contributed by atoms with Gasteiger partial charge in [-0.3, -0.25) is 19.6 Å². The Morgan fingerprint density at radius 2 is 2.04 bits per heavy atom. The number of hydrogen-bond donors (Lipinski definition) is 2. The Labute approximate surface area is 147 Å². The fraction of sp³-hybridized carbons (Fsp3) is 0.267. The first-order valence-electron chi connectivity index (χ1n) is 7.26. The lowest BCUT2D eigenvalue weighted by Crippen LogP contribution is -2.52. The average molecular weight is 367 g/mol. The highest BCUT2D eigenvalue weighted by Crippen LogP contribution is 2.27. The Bertz CT molecular complexity index is 805. The summed E-state index contributed by atoms with van der Waals surface area (Å²) in [4.78, 5) is 34.1. The molecular weight excluding hydrogens is 352 g/mol. The number of nitrogens with zero attached hydrogens (tertiary/aromatic N) is 3. The molecular formula is C15H15ClN4O5. The maximum absolute atomic E-state index is 12.3. The minimum atomic E-state index is -1.64. The van der Waals surface area contributed by atoms with Crippen LogP contribution in [0.3, 0.4) is 0 Å². The van der Waals surface area contributed by atoms with Crippen LogP contribution in [-0.2, 0) is 21.7 Å². The molecule has 25 heavy (non-hydrogen) atoms. The molecule has 1 unspecified atom stereocenters. The van der Waals surface area contributed by atoms with E-state index in [0.717, 1.165) is 17.1 Å². The molecule has 1 amide bonds. The van der Waals surface area contributed by atoms with E-state index in [4.69, 9.17) is 11.6 Å². The Kier molecular flexibility index (Phi) is 5.38. The molecule has 0 fully saturated rings. The minimum Gasteiger partial charge on any atom is -0.479 e. The number of nitro groups is 1. The summed E-state index contributed by atoms with van der Waals surface area (Å²) in [5, 5.41) is 27.0. The number of rotatable bonds is 7. The first kappa shape index (κ1) is 18.4. The third kappa shape index (κ3) is 3.94. The van der Waals surface area contributed by atoms with Crippen LogP contribution in [-0.4, -0.2) is 31.7 Å². The lowest BCUT2D eigenvalue weighted by atomic mass is 9.87. The summed E-state index contributed by atoms with van der Waals surface area (Å²) in [6, 6.07) is 6.12. The van der Waals surface area contributed by atoms with Gasteiger partial charge in [0.05, 0.1) is 4.92 Å². The van der Waals surface area contributed by atoms with Gasteiger partial charge in [0, 0.05) is 5.02 Å². The zero-order chi connectivity index (χ0) is 18.6. The molecule has 2 N–H and O–H groups in total. The van der Waals surface area contributed by atoms with Crippen LogP contribution in [0.15, 0.2) is 36.7 Å². The summed E-state index contributed by atoms with van der Waals surface area (Å²) in [6.45, 7) is 1.28. The molecule has 0 saturated heterocycles. The van der Waals surface area contributed by atoms with E-state index >= 15 is 0 Å². The molecule has 1 atom stereocenters. The molecule has 1 aromatic heterocycles. The molecule has 2 rings (SSSR count). The van der Waals surface area contributed by atoms with Crippen molar-refractivity contribution in [2.45, 2.75) is 25.4 Å². The summed E-state index contributed by atoms with van der Waals surface area (Å²) in [7, 11) is 0. The van der Waals surface area contributed by atoms with Crippen molar-refractivity contribution >= 4 is 29.2 Å². The molecule has 2 aromatic rings. The summed E-state index contributed by atoms with van der Waals surface area (Å²) in [5.74, 6) is -1.87. The fourth-order valence-electron chi connectivity index (χ4n) is 2.39. The van der Waals surface area contributed by atoms with Gasteiger partial charge in [0.15, 0.2) is 5.54 Å². The second kappa shape index (κ2) is 7.31. The largest absolute Gasteiger partial charge is 0.479 e. The van der Waals surface area contributed by atoms with Crippen molar-refractivity contribution in [3.05, 3.63) is 57.4 Å². The van der Waals surface area contributed by atoms with Gasteiger partial charge < -0.3 is 10.4 Å². The molecule has 9 nitrogen and oxygen atoms in total. The Morgan fingerprint density at radius 1 is 1.40 bits per heavy atom. The first-order valence-corrected chi connectivity index (χ1v) is 7.63. The average Bonchev–Trinajstić information content (AvgIpc) is 3.02. The van der Waals surface area contributed by atoms with Crippen LogP contribution >= 0.6 is 11.6 Å². The van der Waals surface area contributed by atoms with Crippen LogP contribution in [0.5, 0.6) is 0 Å². The highest BCUT2D eigenvalue weighted by Gasteiger charge is 2.40. The standard InChI is InChI=1S/C15H15ClN4O5/c1-2-15(14(22)23,10-3-5-11(16)6-4-10)18-13(21)9-19-8-12(7-17-19)20(24)25/h3-8H,2,9H2,1H3,(H,18,21)(H,22,23). The van der Waals surface area contributed by atoms with E-state index in [2.05, 4.69) is 10.4 Å². The van der Waals surface area contributed by atoms with Crippen molar-refractivity contribution in [2.75, 3.05) is 0 Å². The van der Waals surface area contributed by atoms with Crippen molar-refractivity contribution in [3.8, 4) is 0 Å². The van der Waals surface area contributed by atoms with E-state index in [1.807, 2.05) is 0 Å². The quantitative estimate of drug-likeness (QED) is 0.569. The van der Waals surface area contributed by atoms with Crippen molar-refractivity contribution in [1.82, 2.24) is 15.1 Å². The lowest BCUT2D eigenvalue weighted by Gasteiger charge is -2.30. The monoisotopic (exact) mass is 366 g/mol. The fourth-order valence-corrected chi connectivity index (χ4v) is 2.51. The molecule has 0 aliphatic rings. The first-order chi connectivity index (χ1) is 11.8. The smallest absolute Gasteiger partial charge is 0.334 e. The molecule has 10 heteroatoms. The summed E-state index contributed by atoms with van der Waals surface area (Å²) < 4.78 is 1.07. The molecule has 0 saturated carbocycles. The van der Waals surface area contributed by atoms with Crippen LogP contribution in [0, 0.1) is 10.1 Å². The van der Waals surface area contributed by atoms with Crippen molar-refractivity contribution in [2.24, 2.45) is 0 Å². The van der Waals surface area contributed by atoms with Gasteiger partial charge >= 0.3 is 11.7 Å². The van der Waals surface area contributed by atoms with E-state index in [-0.39, 0.29) is 18.7 Å². The van der Waals surface area contributed by atoms with Gasteiger partial charge in [-0.1, -0.05) is 30.7 Å². The number of aromatic nitrogens is 2. The van der Waals surface area contributed by atoms with E-state index in [1.165, 1.54) is 24.3 Å². The number of halogens is 1. The van der Waals surface area contributed by atoms with Gasteiger partial charge in [-0.2, -0.15) is 5.10 Å². The number of nitrogens with one attached hydrogen (secondary N) is 1. The molecule has 0 aliphatic heterocycles. The molecule has 1 aromatic carbocycles. The zero-order valence-corrected chi connectivity index (χ0v) is 13.9. The number of carboxylic acid groups (broad SMARTS) is 1. The van der Waals surface area contributed by atoms with Gasteiger partial charge in [-0.25, -0.2) is 4.79 Å². The molecule has 132 valence electrons. The second-order valence-corrected chi connectivity index (χ2v) is 5.71. The van der Waals surface area contributed by atoms with E-state index in [1.54, 1.807) is 6.92 Å². The number of hydrogen-bond acceptors (Lipinski definition) is 5. The number of aliphatic carboxylic acids is 1. The van der Waals surface area contributed by atoms with Gasteiger partial charge in [0.25, 0.3) is 0 Å². The lowest BCUT2D eigenvalue weighted by molar-refractivity contribution is -0.385. The Morgan fingerprint density at radius 3 is 2.52 bits per heavy atom. The highest BCUT2D eigenvalue weighted by atomic mass is 35.5. The van der Waals surface area contributed by atoms with Crippen LogP contribution in [0.4, 0.5) is 5.69 Å². The predicted molar refractivity (Wildman–Crippen MR) is 88.1 cm³/mol. The summed E-state index contributed by atoms with van der Waals surface area (Å²) >= 11 is 5.82. The molecule has 0 bridgehead atoms. The van der Waals surface area contributed by atoms with Crippen LogP contribution in [0.1, 0.15) is 18.9 Å². The number of amides is 1. The predicted octanol–water partition coefficient (Wildman–Crippen LogP) is 1.95. The van der Waals surface area contributed by atoms with Crippen LogP contribution < -0.4 is 5.32 Å². The topological polar surface area (TPSA) is 127 Å². The number of carbonyl (C=O) groups excluding carboxylic acids is 1. The van der Waals surface area contributed by atoms with Gasteiger partial charge in [0.1, 0.15) is 18.9 Å². The van der Waals surface area contributed by atoms with Crippen LogP contribution in [0.25, 0.3) is 0 Å². The van der Waals surface area contributed by atoms with E-state index < -0.39 is 22.3 Å². The normalized spacial score (nSPS) is 13.0. The maximum Gasteiger partial charge on any atom is 0.334 e. The summed E-state index contributed by atoms with van der Waals surface area (Å²) in [6.07, 6.45) is 2.20. The van der Waals surface area contributed by atoms with Crippen LogP contribution in [0.2, 0.25) is 5.02 Å². The number of benzene rings is 1. The zero-order valence-electron chi connectivity index (χ0n) is 13.2. The van der Waals surface area contributed by atoms with Crippen molar-refractivity contribution in [3.63, 3.8) is 0 Å². The Balaban J connectivity index is 2.24.